The molecule has 0 spiro atoms. The van der Waals surface area contributed by atoms with Crippen molar-refractivity contribution in [3.63, 3.8) is 0 Å². The average Bonchev–Trinajstić information content (AvgIpc) is 2.38. The molecule has 1 atom stereocenters. The van der Waals surface area contributed by atoms with E-state index < -0.39 is 26.5 Å². The lowest BCUT2D eigenvalue weighted by molar-refractivity contribution is -0.169. The molecule has 0 bridgehead atoms. The third kappa shape index (κ3) is 3.58. The molecule has 0 N–H and O–H groups in total. The van der Waals surface area contributed by atoms with Crippen LogP contribution in [-0.2, 0) is 28.9 Å². The van der Waals surface area contributed by atoms with Crippen LogP contribution in [-0.4, -0.2) is 51.0 Å². The lowest BCUT2D eigenvalue weighted by Gasteiger charge is -2.33. The monoisotopic (exact) mass is 306 g/mol. The Morgan fingerprint density at radius 1 is 1.45 bits per heavy atom. The Kier molecular flexibility index (Phi) is 5.70. The third-order valence-corrected chi connectivity index (χ3v) is 5.76. The highest BCUT2D eigenvalue weighted by molar-refractivity contribution is 7.91. The van der Waals surface area contributed by atoms with Crippen LogP contribution in [0.3, 0.4) is 0 Å². The van der Waals surface area contributed by atoms with Gasteiger partial charge in [-0.05, 0) is 27.2 Å². The van der Waals surface area contributed by atoms with Gasteiger partial charge in [-0.3, -0.25) is 9.59 Å². The summed E-state index contributed by atoms with van der Waals surface area (Å²) in [6.07, 6.45) is 0.0335. The fourth-order valence-electron chi connectivity index (χ4n) is 2.04. The topological polar surface area (TPSA) is 86.7 Å². The van der Waals surface area contributed by atoms with E-state index in [2.05, 4.69) is 0 Å². The maximum atomic E-state index is 12.1. The second-order valence-electron chi connectivity index (χ2n) is 5.19. The number of carbonyl (C=O) groups excluding carboxylic acids is 2. The second kappa shape index (κ2) is 6.67. The minimum atomic E-state index is -3.32. The van der Waals surface area contributed by atoms with Gasteiger partial charge in [-0.2, -0.15) is 0 Å². The van der Waals surface area contributed by atoms with Gasteiger partial charge in [0.2, 0.25) is 0 Å². The molecular formula is C13H22O6S. The van der Waals surface area contributed by atoms with E-state index in [1.54, 1.807) is 20.8 Å². The summed E-state index contributed by atoms with van der Waals surface area (Å²) >= 11 is 0. The summed E-state index contributed by atoms with van der Waals surface area (Å²) in [5.74, 6) is -1.19. The number of rotatable bonds is 6. The molecule has 0 aromatic heterocycles. The van der Waals surface area contributed by atoms with Gasteiger partial charge in [0.1, 0.15) is 0 Å². The minimum absolute atomic E-state index is 0.0782. The van der Waals surface area contributed by atoms with Crippen LogP contribution in [0.5, 0.6) is 0 Å². The molecule has 1 aliphatic heterocycles. The predicted molar refractivity (Wildman–Crippen MR) is 73.0 cm³/mol. The van der Waals surface area contributed by atoms with Crippen molar-refractivity contribution in [2.45, 2.75) is 38.9 Å². The zero-order valence-electron chi connectivity index (χ0n) is 12.2. The molecule has 7 heteroatoms. The van der Waals surface area contributed by atoms with Gasteiger partial charge in [0, 0.05) is 6.42 Å². The summed E-state index contributed by atoms with van der Waals surface area (Å²) in [4.78, 5) is 24.2. The molecule has 20 heavy (non-hydrogen) atoms. The zero-order chi connectivity index (χ0) is 15.4. The van der Waals surface area contributed by atoms with Gasteiger partial charge >= 0.3 is 5.97 Å². The number of Topliss-reactive ketones (excluding diaryl/α,β-unsaturated/α-hetero) is 1. The average molecular weight is 306 g/mol. The van der Waals surface area contributed by atoms with E-state index in [0.29, 0.717) is 0 Å². The number of carbonyl (C=O) groups is 2. The van der Waals surface area contributed by atoms with Gasteiger partial charge in [0.05, 0.1) is 30.8 Å². The first-order valence-corrected chi connectivity index (χ1v) is 8.47. The fraction of sp³-hybridized carbons (Fsp3) is 0.846. The highest BCUT2D eigenvalue weighted by Crippen LogP contribution is 2.32. The summed E-state index contributed by atoms with van der Waals surface area (Å²) in [6, 6.07) is 0. The van der Waals surface area contributed by atoms with E-state index in [1.165, 1.54) is 0 Å². The molecule has 6 nitrogen and oxygen atoms in total. The number of esters is 1. The quantitative estimate of drug-likeness (QED) is 0.531. The first kappa shape index (κ1) is 17.1. The van der Waals surface area contributed by atoms with Crippen LogP contribution in [0.1, 0.15) is 33.6 Å². The predicted octanol–water partition coefficient (Wildman–Crippen LogP) is 0.739. The van der Waals surface area contributed by atoms with Crippen LogP contribution in [0, 0.1) is 5.41 Å². The van der Waals surface area contributed by atoms with Crippen molar-refractivity contribution < 1.29 is 27.5 Å². The van der Waals surface area contributed by atoms with Gasteiger partial charge in [0.25, 0.3) is 0 Å². The molecule has 0 aromatic carbocycles. The SMILES string of the molecule is CCOC(=O)C1(CCS(=O)(=O)C(C)C)COCCC1=O. The van der Waals surface area contributed by atoms with Crippen LogP contribution < -0.4 is 0 Å². The maximum Gasteiger partial charge on any atom is 0.322 e. The van der Waals surface area contributed by atoms with Crippen molar-refractivity contribution in [3.05, 3.63) is 0 Å². The molecular weight excluding hydrogens is 284 g/mol. The fourth-order valence-corrected chi connectivity index (χ4v) is 3.14. The minimum Gasteiger partial charge on any atom is -0.465 e. The van der Waals surface area contributed by atoms with Crippen LogP contribution in [0.2, 0.25) is 0 Å². The molecule has 0 aromatic rings. The molecule has 1 saturated heterocycles. The molecule has 1 heterocycles. The first-order valence-electron chi connectivity index (χ1n) is 6.76. The summed E-state index contributed by atoms with van der Waals surface area (Å²) < 4.78 is 34.0. The van der Waals surface area contributed by atoms with E-state index in [0.717, 1.165) is 0 Å². The first-order chi connectivity index (χ1) is 9.26. The number of hydrogen-bond donors (Lipinski definition) is 0. The molecule has 0 radical (unpaired) electrons. The van der Waals surface area contributed by atoms with Gasteiger partial charge in [-0.25, -0.2) is 8.42 Å². The van der Waals surface area contributed by atoms with Crippen molar-refractivity contribution in [1.29, 1.82) is 0 Å². The van der Waals surface area contributed by atoms with E-state index in [1.807, 2.05) is 0 Å². The molecule has 1 fully saturated rings. The normalized spacial score (nSPS) is 23.9. The Labute approximate surface area is 119 Å². The van der Waals surface area contributed by atoms with E-state index in [4.69, 9.17) is 9.47 Å². The number of hydrogen-bond acceptors (Lipinski definition) is 6. The van der Waals surface area contributed by atoms with Gasteiger partial charge in [0.15, 0.2) is 21.0 Å². The number of sulfone groups is 1. The Hall–Kier alpha value is -0.950. The largest absolute Gasteiger partial charge is 0.465 e. The van der Waals surface area contributed by atoms with Crippen LogP contribution in [0.25, 0.3) is 0 Å². The Bertz CT molecular complexity index is 467. The summed E-state index contributed by atoms with van der Waals surface area (Å²) in [6.45, 7) is 5.10. The van der Waals surface area contributed by atoms with E-state index in [9.17, 15) is 18.0 Å². The van der Waals surface area contributed by atoms with E-state index in [-0.39, 0.29) is 44.2 Å². The van der Waals surface area contributed by atoms with Crippen molar-refractivity contribution >= 4 is 21.6 Å². The summed E-state index contributed by atoms with van der Waals surface area (Å²) in [7, 11) is -3.32. The molecule has 116 valence electrons. The molecule has 0 aliphatic carbocycles. The molecule has 0 amide bonds. The molecule has 1 unspecified atom stereocenters. The summed E-state index contributed by atoms with van der Waals surface area (Å²) in [5, 5.41) is -0.540. The standard InChI is InChI=1S/C13H22O6S/c1-4-19-12(15)13(9-18-7-5-11(13)14)6-8-20(16,17)10(2)3/h10H,4-9H2,1-3H3. The van der Waals surface area contributed by atoms with Crippen molar-refractivity contribution in [2.24, 2.45) is 5.41 Å². The van der Waals surface area contributed by atoms with Crippen molar-refractivity contribution in [2.75, 3.05) is 25.6 Å². The number of ketones is 1. The van der Waals surface area contributed by atoms with Crippen molar-refractivity contribution in [1.82, 2.24) is 0 Å². The Morgan fingerprint density at radius 3 is 2.60 bits per heavy atom. The van der Waals surface area contributed by atoms with Crippen LogP contribution >= 0.6 is 0 Å². The lowest BCUT2D eigenvalue weighted by Crippen LogP contribution is -2.49. The zero-order valence-corrected chi connectivity index (χ0v) is 13.0. The second-order valence-corrected chi connectivity index (χ2v) is 7.87. The van der Waals surface area contributed by atoms with Crippen molar-refractivity contribution in [3.8, 4) is 0 Å². The maximum absolute atomic E-state index is 12.1. The highest BCUT2D eigenvalue weighted by Gasteiger charge is 2.49. The highest BCUT2D eigenvalue weighted by atomic mass is 32.2. The number of ether oxygens (including phenoxy) is 2. The summed E-state index contributed by atoms with van der Waals surface area (Å²) in [5.41, 5.74) is -1.46. The van der Waals surface area contributed by atoms with Gasteiger partial charge < -0.3 is 9.47 Å². The van der Waals surface area contributed by atoms with Gasteiger partial charge in [-0.15, -0.1) is 0 Å². The Balaban J connectivity index is 2.95. The molecule has 0 saturated carbocycles. The molecule has 1 aliphatic rings. The van der Waals surface area contributed by atoms with Crippen LogP contribution in [0.4, 0.5) is 0 Å². The Morgan fingerprint density at radius 2 is 2.10 bits per heavy atom. The lowest BCUT2D eigenvalue weighted by atomic mass is 9.79. The van der Waals surface area contributed by atoms with Crippen LogP contribution in [0.15, 0.2) is 0 Å². The molecule has 1 rings (SSSR count). The third-order valence-electron chi connectivity index (χ3n) is 3.55. The smallest absolute Gasteiger partial charge is 0.322 e. The van der Waals surface area contributed by atoms with Gasteiger partial charge in [-0.1, -0.05) is 0 Å². The van der Waals surface area contributed by atoms with E-state index >= 15 is 0 Å².